The first-order valence-electron chi connectivity index (χ1n) is 11.7. The number of nitrogens with zero attached hydrogens (tertiary/aromatic N) is 3. The zero-order chi connectivity index (χ0) is 23.4. The van der Waals surface area contributed by atoms with E-state index in [0.29, 0.717) is 21.9 Å². The van der Waals surface area contributed by atoms with Crippen LogP contribution in [0.2, 0.25) is 0 Å². The summed E-state index contributed by atoms with van der Waals surface area (Å²) in [5.41, 5.74) is 1.71. The topological polar surface area (TPSA) is 90.1 Å². The number of carbonyl (C=O) groups excluding carboxylic acids is 1. The van der Waals surface area contributed by atoms with Crippen molar-refractivity contribution in [3.05, 3.63) is 58.4 Å². The lowest BCUT2D eigenvalue weighted by Gasteiger charge is -2.56. The lowest BCUT2D eigenvalue weighted by molar-refractivity contribution is -0.384. The van der Waals surface area contributed by atoms with E-state index in [2.05, 4.69) is 10.3 Å². The average molecular weight is 481 g/mol. The molecule has 0 unspecified atom stereocenters. The first kappa shape index (κ1) is 21.6. The van der Waals surface area contributed by atoms with Gasteiger partial charge in [0.1, 0.15) is 5.82 Å². The van der Waals surface area contributed by atoms with Gasteiger partial charge in [0, 0.05) is 23.4 Å². The van der Waals surface area contributed by atoms with E-state index in [-0.39, 0.29) is 28.7 Å². The number of imidazole rings is 1. The Kier molecular flexibility index (Phi) is 5.13. The standard InChI is InChI=1S/C25H25FN4O3S/c26-18-1-3-19(4-2-18)29-22-6-5-20(30(32)33)10-21(22)27-24(29)34-14-23(31)28-25-11-15-7-16(12-25)9-17(8-15)13-25/h1-6,10,15-17H,7-9,11-14H2,(H,28,31). The van der Waals surface area contributed by atoms with Gasteiger partial charge in [-0.2, -0.15) is 0 Å². The Morgan fingerprint density at radius 2 is 1.76 bits per heavy atom. The molecule has 4 saturated carbocycles. The molecule has 1 N–H and O–H groups in total. The van der Waals surface area contributed by atoms with Gasteiger partial charge in [-0.15, -0.1) is 0 Å². The molecule has 34 heavy (non-hydrogen) atoms. The Hall–Kier alpha value is -2.94. The highest BCUT2D eigenvalue weighted by Crippen LogP contribution is 2.55. The van der Waals surface area contributed by atoms with Crippen LogP contribution in [0, 0.1) is 33.7 Å². The SMILES string of the molecule is O=C(CSc1nc2cc([N+](=O)[O-])ccc2n1-c1ccc(F)cc1)NC12CC3CC(CC(C3)C1)C2. The number of aromatic nitrogens is 2. The van der Waals surface area contributed by atoms with Crippen LogP contribution in [0.5, 0.6) is 0 Å². The van der Waals surface area contributed by atoms with Crippen molar-refractivity contribution in [2.75, 3.05) is 5.75 Å². The normalized spacial score (nSPS) is 27.3. The number of halogens is 1. The molecule has 0 saturated heterocycles. The highest BCUT2D eigenvalue weighted by molar-refractivity contribution is 7.99. The Labute approximate surface area is 200 Å². The molecule has 1 amide bonds. The number of non-ortho nitro benzene ring substituents is 1. The minimum Gasteiger partial charge on any atom is -0.350 e. The van der Waals surface area contributed by atoms with Gasteiger partial charge in [0.25, 0.3) is 5.69 Å². The third-order valence-electron chi connectivity index (χ3n) is 7.68. The number of amides is 1. The van der Waals surface area contributed by atoms with Gasteiger partial charge in [-0.25, -0.2) is 9.37 Å². The molecule has 4 aliphatic rings. The summed E-state index contributed by atoms with van der Waals surface area (Å²) in [5.74, 6) is 2.09. The molecular weight excluding hydrogens is 455 g/mol. The number of thioether (sulfide) groups is 1. The largest absolute Gasteiger partial charge is 0.350 e. The van der Waals surface area contributed by atoms with Crippen molar-refractivity contribution in [3.63, 3.8) is 0 Å². The maximum Gasteiger partial charge on any atom is 0.271 e. The van der Waals surface area contributed by atoms with Gasteiger partial charge in [-0.3, -0.25) is 19.5 Å². The second-order valence-electron chi connectivity index (χ2n) is 10.2. The summed E-state index contributed by atoms with van der Waals surface area (Å²) in [5, 5.41) is 15.2. The first-order chi connectivity index (χ1) is 16.4. The summed E-state index contributed by atoms with van der Waals surface area (Å²) in [4.78, 5) is 28.4. The maximum atomic E-state index is 13.5. The van der Waals surface area contributed by atoms with Crippen molar-refractivity contribution >= 4 is 34.4 Å². The van der Waals surface area contributed by atoms with E-state index in [1.54, 1.807) is 18.2 Å². The van der Waals surface area contributed by atoms with Crippen molar-refractivity contribution < 1.29 is 14.1 Å². The van der Waals surface area contributed by atoms with Gasteiger partial charge in [0.15, 0.2) is 5.16 Å². The van der Waals surface area contributed by atoms with E-state index < -0.39 is 4.92 Å². The molecule has 3 aromatic rings. The zero-order valence-corrected chi connectivity index (χ0v) is 19.4. The number of nitro groups is 1. The second-order valence-corrected chi connectivity index (χ2v) is 11.1. The van der Waals surface area contributed by atoms with E-state index in [1.807, 2.05) is 4.57 Å². The van der Waals surface area contributed by atoms with Crippen molar-refractivity contribution in [2.45, 2.75) is 49.2 Å². The fourth-order valence-corrected chi connectivity index (χ4v) is 7.65. The molecular formula is C25H25FN4O3S. The van der Waals surface area contributed by atoms with E-state index in [4.69, 9.17) is 0 Å². The minimum atomic E-state index is -0.456. The molecule has 0 aliphatic heterocycles. The molecule has 1 heterocycles. The van der Waals surface area contributed by atoms with Crippen LogP contribution in [-0.2, 0) is 4.79 Å². The molecule has 1 aromatic heterocycles. The van der Waals surface area contributed by atoms with E-state index in [0.717, 1.165) is 37.0 Å². The molecule has 0 atom stereocenters. The van der Waals surface area contributed by atoms with Crippen LogP contribution in [0.1, 0.15) is 38.5 Å². The van der Waals surface area contributed by atoms with E-state index in [1.165, 1.54) is 55.3 Å². The van der Waals surface area contributed by atoms with Crippen LogP contribution in [0.3, 0.4) is 0 Å². The molecule has 2 aromatic carbocycles. The molecule has 9 heteroatoms. The number of hydrogen-bond acceptors (Lipinski definition) is 5. The number of nitrogens with one attached hydrogen (secondary N) is 1. The minimum absolute atomic E-state index is 0.00403. The molecule has 176 valence electrons. The zero-order valence-electron chi connectivity index (χ0n) is 18.6. The van der Waals surface area contributed by atoms with Crippen molar-refractivity contribution in [3.8, 4) is 5.69 Å². The summed E-state index contributed by atoms with van der Waals surface area (Å²) in [6, 6.07) is 10.5. The van der Waals surface area contributed by atoms with Gasteiger partial charge < -0.3 is 5.32 Å². The summed E-state index contributed by atoms with van der Waals surface area (Å²) in [6.07, 6.45) is 7.22. The summed E-state index contributed by atoms with van der Waals surface area (Å²) < 4.78 is 15.4. The second kappa shape index (κ2) is 8.08. The Balaban J connectivity index is 1.26. The van der Waals surface area contributed by atoms with Crippen LogP contribution >= 0.6 is 11.8 Å². The highest BCUT2D eigenvalue weighted by Gasteiger charge is 2.51. The molecule has 7 nitrogen and oxygen atoms in total. The number of fused-ring (bicyclic) bond motifs is 1. The number of rotatable bonds is 6. The van der Waals surface area contributed by atoms with Gasteiger partial charge >= 0.3 is 0 Å². The average Bonchev–Trinajstić information content (AvgIpc) is 3.14. The first-order valence-corrected chi connectivity index (χ1v) is 12.7. The Morgan fingerprint density at radius 1 is 1.12 bits per heavy atom. The van der Waals surface area contributed by atoms with E-state index in [9.17, 15) is 19.3 Å². The lowest BCUT2D eigenvalue weighted by atomic mass is 9.53. The molecule has 4 fully saturated rings. The van der Waals surface area contributed by atoms with E-state index >= 15 is 0 Å². The molecule has 7 rings (SSSR count). The van der Waals surface area contributed by atoms with Crippen LogP contribution in [-0.4, -0.2) is 31.7 Å². The van der Waals surface area contributed by atoms with Crippen molar-refractivity contribution in [1.29, 1.82) is 0 Å². The van der Waals surface area contributed by atoms with Crippen LogP contribution in [0.4, 0.5) is 10.1 Å². The number of carbonyl (C=O) groups is 1. The van der Waals surface area contributed by atoms with Gasteiger partial charge in [-0.05, 0) is 86.6 Å². The van der Waals surface area contributed by atoms with Gasteiger partial charge in [-0.1, -0.05) is 11.8 Å². The Bertz CT molecular complexity index is 1250. The van der Waals surface area contributed by atoms with Crippen LogP contribution in [0.15, 0.2) is 47.6 Å². The van der Waals surface area contributed by atoms with Gasteiger partial charge in [0.2, 0.25) is 5.91 Å². The third kappa shape index (κ3) is 3.85. The highest BCUT2D eigenvalue weighted by atomic mass is 32.2. The van der Waals surface area contributed by atoms with Crippen LogP contribution in [0.25, 0.3) is 16.7 Å². The van der Waals surface area contributed by atoms with Crippen LogP contribution < -0.4 is 5.32 Å². The van der Waals surface area contributed by atoms with Crippen molar-refractivity contribution in [2.24, 2.45) is 17.8 Å². The quantitative estimate of drug-likeness (QED) is 0.296. The Morgan fingerprint density at radius 3 is 2.38 bits per heavy atom. The third-order valence-corrected chi connectivity index (χ3v) is 8.62. The molecule has 0 radical (unpaired) electrons. The molecule has 4 bridgehead atoms. The summed E-state index contributed by atoms with van der Waals surface area (Å²) in [6.45, 7) is 0. The maximum absolute atomic E-state index is 13.5. The summed E-state index contributed by atoms with van der Waals surface area (Å²) in [7, 11) is 0. The number of benzene rings is 2. The molecule has 0 spiro atoms. The fourth-order valence-electron chi connectivity index (χ4n) is 6.82. The fraction of sp³-hybridized carbons (Fsp3) is 0.440. The monoisotopic (exact) mass is 480 g/mol. The molecule has 4 aliphatic carbocycles. The lowest BCUT2D eigenvalue weighted by Crippen LogP contribution is -2.60. The number of hydrogen-bond donors (Lipinski definition) is 1. The smallest absolute Gasteiger partial charge is 0.271 e. The van der Waals surface area contributed by atoms with Gasteiger partial charge in [0.05, 0.1) is 21.7 Å². The summed E-state index contributed by atoms with van der Waals surface area (Å²) >= 11 is 1.30. The predicted octanol–water partition coefficient (Wildman–Crippen LogP) is 5.25. The van der Waals surface area contributed by atoms with Crippen molar-refractivity contribution in [1.82, 2.24) is 14.9 Å². The number of nitro benzene ring substituents is 1. The predicted molar refractivity (Wildman–Crippen MR) is 127 cm³/mol.